The van der Waals surface area contributed by atoms with Crippen LogP contribution in [0.5, 0.6) is 5.75 Å². The van der Waals surface area contributed by atoms with E-state index < -0.39 is 0 Å². The second kappa shape index (κ2) is 4.79. The summed E-state index contributed by atoms with van der Waals surface area (Å²) in [5.41, 5.74) is 3.38. The second-order valence-electron chi connectivity index (χ2n) is 6.96. The van der Waals surface area contributed by atoms with Gasteiger partial charge in [0.05, 0.1) is 0 Å². The van der Waals surface area contributed by atoms with Crippen LogP contribution < -0.4 is 0 Å². The van der Waals surface area contributed by atoms with Gasteiger partial charge in [-0.15, -0.1) is 0 Å². The molecule has 0 heterocycles. The number of phenols is 1. The highest BCUT2D eigenvalue weighted by atomic mass is 16.3. The van der Waals surface area contributed by atoms with Crippen molar-refractivity contribution in [3.8, 4) is 5.75 Å². The van der Waals surface area contributed by atoms with Crippen molar-refractivity contribution in [2.75, 3.05) is 0 Å². The normalized spacial score (nSPS) is 13.3. The van der Waals surface area contributed by atoms with Crippen molar-refractivity contribution in [3.63, 3.8) is 0 Å². The van der Waals surface area contributed by atoms with Crippen LogP contribution in [0.3, 0.4) is 0 Å². The van der Waals surface area contributed by atoms with E-state index in [4.69, 9.17) is 0 Å². The van der Waals surface area contributed by atoms with Crippen molar-refractivity contribution >= 4 is 6.08 Å². The van der Waals surface area contributed by atoms with Crippen LogP contribution in [-0.2, 0) is 10.8 Å². The molecule has 0 saturated heterocycles. The zero-order valence-electron chi connectivity index (χ0n) is 12.8. The third kappa shape index (κ3) is 3.16. The first-order chi connectivity index (χ1) is 8.07. The van der Waals surface area contributed by atoms with Gasteiger partial charge in [-0.1, -0.05) is 53.7 Å². The molecule has 100 valence electrons. The molecule has 0 radical (unpaired) electrons. The van der Waals surface area contributed by atoms with E-state index in [-0.39, 0.29) is 10.8 Å². The third-order valence-corrected chi connectivity index (χ3v) is 3.13. The summed E-state index contributed by atoms with van der Waals surface area (Å²) in [5.74, 6) is 0.403. The Labute approximate surface area is 112 Å². The van der Waals surface area contributed by atoms with Crippen LogP contribution in [0.25, 0.3) is 6.08 Å². The third-order valence-electron chi connectivity index (χ3n) is 3.13. The fourth-order valence-electron chi connectivity index (χ4n) is 2.17. The molecule has 0 fully saturated rings. The minimum Gasteiger partial charge on any atom is -0.508 e. The van der Waals surface area contributed by atoms with Crippen molar-refractivity contribution in [3.05, 3.63) is 34.9 Å². The maximum Gasteiger partial charge on any atom is 0.119 e. The minimum absolute atomic E-state index is 0.0305. The molecular weight excluding hydrogens is 220 g/mol. The lowest BCUT2D eigenvalue weighted by Gasteiger charge is -2.27. The van der Waals surface area contributed by atoms with Crippen molar-refractivity contribution in [2.45, 2.75) is 59.3 Å². The highest BCUT2D eigenvalue weighted by Crippen LogP contribution is 2.37. The number of rotatable bonds is 1. The van der Waals surface area contributed by atoms with Gasteiger partial charge in [0.1, 0.15) is 5.75 Å². The molecule has 1 N–H and O–H groups in total. The van der Waals surface area contributed by atoms with Gasteiger partial charge in [0.15, 0.2) is 0 Å². The lowest BCUT2D eigenvalue weighted by molar-refractivity contribution is 0.443. The molecule has 0 aliphatic carbocycles. The fraction of sp³-hybridized carbons (Fsp3) is 0.529. The van der Waals surface area contributed by atoms with Gasteiger partial charge in [-0.3, -0.25) is 0 Å². The minimum atomic E-state index is -0.0448. The summed E-state index contributed by atoms with van der Waals surface area (Å²) in [7, 11) is 0. The summed E-state index contributed by atoms with van der Waals surface area (Å²) in [6.45, 7) is 14.9. The van der Waals surface area contributed by atoms with E-state index in [9.17, 15) is 5.11 Å². The molecule has 18 heavy (non-hydrogen) atoms. The summed E-state index contributed by atoms with van der Waals surface area (Å²) in [6.07, 6.45) is 4.17. The van der Waals surface area contributed by atoms with Gasteiger partial charge in [0.2, 0.25) is 0 Å². The largest absolute Gasteiger partial charge is 0.508 e. The Kier molecular flexibility index (Phi) is 3.95. The molecule has 1 aromatic carbocycles. The van der Waals surface area contributed by atoms with E-state index in [2.05, 4.69) is 53.7 Å². The molecule has 0 aliphatic heterocycles. The van der Waals surface area contributed by atoms with Crippen LogP contribution in [0.2, 0.25) is 0 Å². The Morgan fingerprint density at radius 2 is 1.39 bits per heavy atom. The van der Waals surface area contributed by atoms with Crippen molar-refractivity contribution in [1.29, 1.82) is 0 Å². The van der Waals surface area contributed by atoms with Crippen molar-refractivity contribution in [2.24, 2.45) is 0 Å². The van der Waals surface area contributed by atoms with Crippen LogP contribution in [-0.4, -0.2) is 5.11 Å². The summed E-state index contributed by atoms with van der Waals surface area (Å²) < 4.78 is 0. The average molecular weight is 246 g/mol. The lowest BCUT2D eigenvalue weighted by atomic mass is 9.78. The molecule has 1 heteroatoms. The van der Waals surface area contributed by atoms with Gasteiger partial charge in [0.25, 0.3) is 0 Å². The molecule has 0 amide bonds. The Morgan fingerprint density at radius 3 is 1.78 bits per heavy atom. The number of benzene rings is 1. The maximum absolute atomic E-state index is 10.3. The predicted molar refractivity (Wildman–Crippen MR) is 80.2 cm³/mol. The summed E-state index contributed by atoms with van der Waals surface area (Å²) in [5, 5.41) is 10.3. The van der Waals surface area contributed by atoms with E-state index >= 15 is 0 Å². The monoisotopic (exact) mass is 246 g/mol. The molecular formula is C17H26O. The molecule has 1 rings (SSSR count). The summed E-state index contributed by atoms with van der Waals surface area (Å²) in [4.78, 5) is 0. The van der Waals surface area contributed by atoms with Crippen LogP contribution >= 0.6 is 0 Å². The quantitative estimate of drug-likeness (QED) is 0.737. The summed E-state index contributed by atoms with van der Waals surface area (Å²) in [6, 6.07) is 4.05. The highest BCUT2D eigenvalue weighted by molar-refractivity contribution is 5.60. The van der Waals surface area contributed by atoms with Crippen LogP contribution in [0.1, 0.15) is 65.2 Å². The molecule has 0 aromatic heterocycles. The molecule has 0 spiro atoms. The molecule has 0 unspecified atom stereocenters. The SMILES string of the molecule is CC=Cc1cc(C(C)(C)C)c(O)cc1C(C)(C)C. The molecule has 0 bridgehead atoms. The highest BCUT2D eigenvalue weighted by Gasteiger charge is 2.23. The number of aromatic hydroxyl groups is 1. The van der Waals surface area contributed by atoms with Gasteiger partial charge in [-0.2, -0.15) is 0 Å². The lowest BCUT2D eigenvalue weighted by Crippen LogP contribution is -2.16. The Bertz CT molecular complexity index is 454. The maximum atomic E-state index is 10.3. The van der Waals surface area contributed by atoms with Gasteiger partial charge in [-0.05, 0) is 46.6 Å². The Morgan fingerprint density at radius 1 is 0.889 bits per heavy atom. The average Bonchev–Trinajstić information content (AvgIpc) is 2.17. The van der Waals surface area contributed by atoms with Gasteiger partial charge >= 0.3 is 0 Å². The zero-order chi connectivity index (χ0) is 14.1. The van der Waals surface area contributed by atoms with Crippen LogP contribution in [0.4, 0.5) is 0 Å². The Hall–Kier alpha value is -1.24. The van der Waals surface area contributed by atoms with Crippen LogP contribution in [0, 0.1) is 0 Å². The number of phenolic OH excluding ortho intramolecular Hbond substituents is 1. The number of allylic oxidation sites excluding steroid dienone is 1. The second-order valence-corrected chi connectivity index (χ2v) is 6.96. The molecule has 0 saturated carbocycles. The molecule has 0 atom stereocenters. The van der Waals surface area contributed by atoms with E-state index in [0.717, 1.165) is 5.56 Å². The van der Waals surface area contributed by atoms with E-state index in [1.54, 1.807) is 0 Å². The number of hydrogen-bond donors (Lipinski definition) is 1. The Balaban J connectivity index is 3.54. The number of hydrogen-bond acceptors (Lipinski definition) is 1. The first-order valence-corrected chi connectivity index (χ1v) is 6.58. The van der Waals surface area contributed by atoms with Crippen LogP contribution in [0.15, 0.2) is 18.2 Å². The zero-order valence-corrected chi connectivity index (χ0v) is 12.8. The molecule has 1 aromatic rings. The fourth-order valence-corrected chi connectivity index (χ4v) is 2.17. The van der Waals surface area contributed by atoms with E-state index in [1.807, 2.05) is 19.1 Å². The topological polar surface area (TPSA) is 20.2 Å². The van der Waals surface area contributed by atoms with Crippen molar-refractivity contribution < 1.29 is 5.11 Å². The van der Waals surface area contributed by atoms with Gasteiger partial charge < -0.3 is 5.11 Å². The smallest absolute Gasteiger partial charge is 0.119 e. The molecule has 0 aliphatic rings. The molecule has 1 nitrogen and oxygen atoms in total. The predicted octanol–water partition coefficient (Wildman–Crippen LogP) is 5.02. The summed E-state index contributed by atoms with van der Waals surface area (Å²) >= 11 is 0. The van der Waals surface area contributed by atoms with E-state index in [0.29, 0.717) is 5.75 Å². The van der Waals surface area contributed by atoms with Gasteiger partial charge in [-0.25, -0.2) is 0 Å². The standard InChI is InChI=1S/C17H26O/c1-8-9-12-10-14(17(5,6)7)15(18)11-13(12)16(2,3)4/h8-11,18H,1-7H3. The first kappa shape index (κ1) is 14.8. The first-order valence-electron chi connectivity index (χ1n) is 6.58. The van der Waals surface area contributed by atoms with Gasteiger partial charge in [0, 0.05) is 0 Å². The van der Waals surface area contributed by atoms with Crippen molar-refractivity contribution in [1.82, 2.24) is 0 Å². The van der Waals surface area contributed by atoms with E-state index in [1.165, 1.54) is 11.1 Å².